The molecule has 0 spiro atoms. The lowest BCUT2D eigenvalue weighted by molar-refractivity contribution is -0.133. The van der Waals surface area contributed by atoms with Gasteiger partial charge in [-0.2, -0.15) is 0 Å². The molecule has 0 heterocycles. The smallest absolute Gasteiger partial charge is 0.331 e. The van der Waals surface area contributed by atoms with Crippen molar-refractivity contribution in [3.8, 4) is 0 Å². The van der Waals surface area contributed by atoms with Gasteiger partial charge in [-0.15, -0.1) is 0 Å². The highest BCUT2D eigenvalue weighted by atomic mass is 16.4. The average Bonchev–Trinajstić information content (AvgIpc) is 2.47. The van der Waals surface area contributed by atoms with Gasteiger partial charge in [-0.25, -0.2) is 4.79 Å². The number of aliphatic hydroxyl groups is 2. The van der Waals surface area contributed by atoms with Crippen LogP contribution in [-0.4, -0.2) is 34.0 Å². The first-order valence-electron chi connectivity index (χ1n) is 8.33. The van der Waals surface area contributed by atoms with Crippen molar-refractivity contribution in [1.29, 1.82) is 0 Å². The maximum atomic E-state index is 11.0. The zero-order chi connectivity index (χ0) is 15.9. The summed E-state index contributed by atoms with van der Waals surface area (Å²) in [6, 6.07) is 0. The van der Waals surface area contributed by atoms with Gasteiger partial charge >= 0.3 is 5.97 Å². The van der Waals surface area contributed by atoms with Crippen molar-refractivity contribution in [3.63, 3.8) is 0 Å². The summed E-state index contributed by atoms with van der Waals surface area (Å²) >= 11 is 0. The Kier molecular flexibility index (Phi) is 13.5. The molecule has 1 atom stereocenters. The molecule has 4 nitrogen and oxygen atoms in total. The minimum atomic E-state index is -1.00. The molecule has 0 amide bonds. The number of hydrogen-bond donors (Lipinski definition) is 3. The molecule has 0 radical (unpaired) electrons. The predicted molar refractivity (Wildman–Crippen MR) is 85.3 cm³/mol. The summed E-state index contributed by atoms with van der Waals surface area (Å²) in [5.74, 6) is -1.00. The van der Waals surface area contributed by atoms with E-state index in [1.807, 2.05) is 0 Å². The summed E-state index contributed by atoms with van der Waals surface area (Å²) in [4.78, 5) is 11.0. The number of carboxylic acids is 1. The van der Waals surface area contributed by atoms with Crippen molar-refractivity contribution in [2.45, 2.75) is 83.7 Å². The molecule has 0 aromatic carbocycles. The summed E-state index contributed by atoms with van der Waals surface area (Å²) in [5.41, 5.74) is 0.205. The van der Waals surface area contributed by atoms with Crippen molar-refractivity contribution in [3.05, 3.63) is 11.6 Å². The van der Waals surface area contributed by atoms with Gasteiger partial charge in [0.15, 0.2) is 0 Å². The molecule has 0 aliphatic heterocycles. The molecule has 3 N–H and O–H groups in total. The Morgan fingerprint density at radius 2 is 1.52 bits per heavy atom. The zero-order valence-corrected chi connectivity index (χ0v) is 13.4. The summed E-state index contributed by atoms with van der Waals surface area (Å²) in [6.45, 7) is 1.82. The number of unbranched alkanes of at least 4 members (excludes halogenated alkanes) is 9. The minimum Gasteiger partial charge on any atom is -0.478 e. The Labute approximate surface area is 128 Å². The molecular weight excluding hydrogens is 268 g/mol. The molecule has 0 saturated heterocycles. The molecule has 0 saturated carbocycles. The van der Waals surface area contributed by atoms with Crippen LogP contribution in [0.4, 0.5) is 0 Å². The molecule has 21 heavy (non-hydrogen) atoms. The second-order valence-corrected chi connectivity index (χ2v) is 5.69. The maximum Gasteiger partial charge on any atom is 0.331 e. The lowest BCUT2D eigenvalue weighted by Crippen LogP contribution is -2.16. The van der Waals surface area contributed by atoms with Crippen LogP contribution in [0.2, 0.25) is 0 Å². The molecule has 1 unspecified atom stereocenters. The predicted octanol–water partition coefficient (Wildman–Crippen LogP) is 3.66. The third-order valence-electron chi connectivity index (χ3n) is 3.64. The van der Waals surface area contributed by atoms with Gasteiger partial charge in [0.2, 0.25) is 0 Å². The zero-order valence-electron chi connectivity index (χ0n) is 13.4. The topological polar surface area (TPSA) is 77.8 Å². The molecule has 0 aliphatic rings. The van der Waals surface area contributed by atoms with E-state index in [0.717, 1.165) is 19.3 Å². The number of aliphatic carboxylic acids is 1. The van der Waals surface area contributed by atoms with Crippen LogP contribution < -0.4 is 0 Å². The highest BCUT2D eigenvalue weighted by molar-refractivity contribution is 5.86. The Bertz CT molecular complexity index is 287. The third kappa shape index (κ3) is 12.6. The van der Waals surface area contributed by atoms with Gasteiger partial charge < -0.3 is 15.3 Å². The second-order valence-electron chi connectivity index (χ2n) is 5.69. The number of carboxylic acid groups (broad SMARTS) is 1. The van der Waals surface area contributed by atoms with E-state index in [1.165, 1.54) is 44.9 Å². The van der Waals surface area contributed by atoms with E-state index >= 15 is 0 Å². The van der Waals surface area contributed by atoms with Gasteiger partial charge in [0.1, 0.15) is 0 Å². The number of carbonyl (C=O) groups is 1. The van der Waals surface area contributed by atoms with Gasteiger partial charge in [-0.3, -0.25) is 0 Å². The largest absolute Gasteiger partial charge is 0.478 e. The fraction of sp³-hybridized carbons (Fsp3) is 0.824. The van der Waals surface area contributed by atoms with Crippen LogP contribution in [0.1, 0.15) is 77.6 Å². The molecule has 4 heteroatoms. The van der Waals surface area contributed by atoms with Crippen LogP contribution in [0.15, 0.2) is 11.6 Å². The van der Waals surface area contributed by atoms with Crippen LogP contribution in [0.5, 0.6) is 0 Å². The van der Waals surface area contributed by atoms with Gasteiger partial charge in [0, 0.05) is 12.0 Å². The number of aliphatic hydroxyl groups excluding tert-OH is 2. The number of hydrogen-bond acceptors (Lipinski definition) is 3. The van der Waals surface area contributed by atoms with E-state index in [0.29, 0.717) is 0 Å². The van der Waals surface area contributed by atoms with E-state index < -0.39 is 18.7 Å². The van der Waals surface area contributed by atoms with E-state index in [4.69, 9.17) is 10.2 Å². The Hall–Kier alpha value is -0.870. The monoisotopic (exact) mass is 300 g/mol. The highest BCUT2D eigenvalue weighted by Gasteiger charge is 2.12. The fourth-order valence-corrected chi connectivity index (χ4v) is 2.31. The molecule has 124 valence electrons. The summed E-state index contributed by atoms with van der Waals surface area (Å²) in [7, 11) is 0. The molecule has 0 aromatic rings. The SMILES string of the molecule is CCCCCCCCCCCC=C(CC(O)CO)C(=O)O. The Balaban J connectivity index is 3.65. The van der Waals surface area contributed by atoms with Crippen LogP contribution >= 0.6 is 0 Å². The van der Waals surface area contributed by atoms with E-state index in [-0.39, 0.29) is 12.0 Å². The number of rotatable bonds is 14. The van der Waals surface area contributed by atoms with Crippen molar-refractivity contribution >= 4 is 5.97 Å². The first-order valence-corrected chi connectivity index (χ1v) is 8.33. The standard InChI is InChI=1S/C17H32O4/c1-2-3-4-5-6-7-8-9-10-11-12-15(17(20)21)13-16(19)14-18/h12,16,18-19H,2-11,13-14H2,1H3,(H,20,21). The quantitative estimate of drug-likeness (QED) is 0.338. The van der Waals surface area contributed by atoms with Crippen molar-refractivity contribution in [1.82, 2.24) is 0 Å². The first kappa shape index (κ1) is 20.1. The van der Waals surface area contributed by atoms with Crippen molar-refractivity contribution in [2.24, 2.45) is 0 Å². The lowest BCUT2D eigenvalue weighted by Gasteiger charge is -2.07. The maximum absolute atomic E-state index is 11.0. The van der Waals surface area contributed by atoms with Crippen LogP contribution in [0.25, 0.3) is 0 Å². The molecule has 0 bridgehead atoms. The Morgan fingerprint density at radius 3 is 2.00 bits per heavy atom. The van der Waals surface area contributed by atoms with E-state index in [1.54, 1.807) is 6.08 Å². The van der Waals surface area contributed by atoms with Crippen LogP contribution in [0.3, 0.4) is 0 Å². The lowest BCUT2D eigenvalue weighted by atomic mass is 10.0. The van der Waals surface area contributed by atoms with E-state index in [2.05, 4.69) is 6.92 Å². The summed E-state index contributed by atoms with van der Waals surface area (Å²) < 4.78 is 0. The fourth-order valence-electron chi connectivity index (χ4n) is 2.31. The van der Waals surface area contributed by atoms with Gasteiger partial charge in [-0.1, -0.05) is 64.4 Å². The average molecular weight is 300 g/mol. The number of allylic oxidation sites excluding steroid dienone is 1. The molecule has 0 fully saturated rings. The summed E-state index contributed by atoms with van der Waals surface area (Å²) in [6.07, 6.45) is 12.6. The van der Waals surface area contributed by atoms with Crippen molar-refractivity contribution in [2.75, 3.05) is 6.61 Å². The van der Waals surface area contributed by atoms with Gasteiger partial charge in [0.25, 0.3) is 0 Å². The van der Waals surface area contributed by atoms with Crippen LogP contribution in [-0.2, 0) is 4.79 Å². The van der Waals surface area contributed by atoms with E-state index in [9.17, 15) is 9.90 Å². The first-order chi connectivity index (χ1) is 10.1. The van der Waals surface area contributed by atoms with Crippen molar-refractivity contribution < 1.29 is 20.1 Å². The molecule has 0 aliphatic carbocycles. The van der Waals surface area contributed by atoms with Crippen LogP contribution in [0, 0.1) is 0 Å². The molecular formula is C17H32O4. The highest BCUT2D eigenvalue weighted by Crippen LogP contribution is 2.13. The summed E-state index contributed by atoms with van der Waals surface area (Å²) in [5, 5.41) is 27.0. The van der Waals surface area contributed by atoms with Gasteiger partial charge in [0.05, 0.1) is 12.7 Å². The third-order valence-corrected chi connectivity index (χ3v) is 3.64. The second kappa shape index (κ2) is 14.1. The van der Waals surface area contributed by atoms with Gasteiger partial charge in [-0.05, 0) is 12.8 Å². The minimum absolute atomic E-state index is 0.0171. The Morgan fingerprint density at radius 1 is 1.00 bits per heavy atom. The molecule has 0 rings (SSSR count). The normalized spacial score (nSPS) is 13.4. The molecule has 0 aromatic heterocycles.